The minimum absolute atomic E-state index is 0.0158. The number of carbonyl (C=O) groups is 2. The maximum absolute atomic E-state index is 11.4. The largest absolute Gasteiger partial charge is 0.460 e. The molecule has 0 aromatic heterocycles. The van der Waals surface area contributed by atoms with E-state index in [1.54, 1.807) is 6.92 Å². The van der Waals surface area contributed by atoms with Crippen molar-refractivity contribution >= 4 is 17.8 Å². The monoisotopic (exact) mass is 246 g/mol. The summed E-state index contributed by atoms with van der Waals surface area (Å²) in [5, 5.41) is 0. The number of allylic oxidation sites excluding steroid dienone is 1. The molecule has 1 rings (SSSR count). The van der Waals surface area contributed by atoms with Gasteiger partial charge in [-0.05, 0) is 18.4 Å². The summed E-state index contributed by atoms with van der Waals surface area (Å²) in [6.45, 7) is 3.82. The van der Waals surface area contributed by atoms with Gasteiger partial charge in [0.1, 0.15) is 0 Å². The Morgan fingerprint density at radius 2 is 1.94 bits per heavy atom. The molecule has 1 aromatic carbocycles. The number of benzene rings is 1. The van der Waals surface area contributed by atoms with Crippen LogP contribution in [0.5, 0.6) is 0 Å². The third kappa shape index (κ3) is 4.95. The summed E-state index contributed by atoms with van der Waals surface area (Å²) in [6.07, 6.45) is 4.05. The Kier molecular flexibility index (Phi) is 5.85. The summed E-state index contributed by atoms with van der Waals surface area (Å²) in [4.78, 5) is 22.6. The van der Waals surface area contributed by atoms with Gasteiger partial charge in [-0.25, -0.2) is 4.79 Å². The first-order chi connectivity index (χ1) is 8.63. The maximum Gasteiger partial charge on any atom is 0.374 e. The summed E-state index contributed by atoms with van der Waals surface area (Å²) in [5.41, 5.74) is 1.08. The number of esters is 1. The van der Waals surface area contributed by atoms with E-state index in [0.717, 1.165) is 5.56 Å². The Bertz CT molecular complexity index is 421. The molecule has 1 aromatic rings. The van der Waals surface area contributed by atoms with Crippen LogP contribution in [0.3, 0.4) is 0 Å². The predicted molar refractivity (Wildman–Crippen MR) is 70.9 cm³/mol. The van der Waals surface area contributed by atoms with Crippen molar-refractivity contribution in [1.82, 2.24) is 0 Å². The number of ketones is 1. The number of ether oxygens (including phenoxy) is 1. The Hall–Kier alpha value is -1.90. The zero-order valence-electron chi connectivity index (χ0n) is 10.8. The molecule has 3 nitrogen and oxygen atoms in total. The van der Waals surface area contributed by atoms with E-state index in [9.17, 15) is 9.59 Å². The van der Waals surface area contributed by atoms with Crippen LogP contribution in [0.25, 0.3) is 6.08 Å². The molecule has 0 radical (unpaired) electrons. The average Bonchev–Trinajstić information content (AvgIpc) is 2.38. The Balaban J connectivity index is 2.47. The lowest BCUT2D eigenvalue weighted by molar-refractivity contribution is -0.153. The molecule has 0 saturated carbocycles. The number of rotatable bonds is 6. The minimum atomic E-state index is -0.738. The fourth-order valence-corrected chi connectivity index (χ4v) is 1.49. The Morgan fingerprint density at radius 1 is 1.28 bits per heavy atom. The first kappa shape index (κ1) is 14.2. The van der Waals surface area contributed by atoms with Crippen LogP contribution in [0, 0.1) is 5.92 Å². The quantitative estimate of drug-likeness (QED) is 0.572. The second-order valence-electron chi connectivity index (χ2n) is 4.09. The van der Waals surface area contributed by atoms with E-state index < -0.39 is 11.8 Å². The van der Waals surface area contributed by atoms with Gasteiger partial charge < -0.3 is 4.74 Å². The highest BCUT2D eigenvalue weighted by molar-refractivity contribution is 6.33. The van der Waals surface area contributed by atoms with Crippen molar-refractivity contribution in [1.29, 1.82) is 0 Å². The molecule has 1 atom stereocenters. The third-order valence-electron chi connectivity index (χ3n) is 2.43. The van der Waals surface area contributed by atoms with Crippen LogP contribution in [0.2, 0.25) is 0 Å². The molecule has 0 N–H and O–H groups in total. The number of Topliss-reactive ketones (excluding diaryl/α,β-unsaturated/α-hetero) is 1. The molecule has 0 fully saturated rings. The van der Waals surface area contributed by atoms with Gasteiger partial charge in [0.2, 0.25) is 5.78 Å². The standard InChI is InChI=1S/C15H18O3/c1-3-18-15(17)14(16)11-12(2)9-10-13-7-5-4-6-8-13/h4-10,12H,3,11H2,1-2H3/b10-9+. The maximum atomic E-state index is 11.4. The molecule has 0 aliphatic carbocycles. The van der Waals surface area contributed by atoms with Gasteiger partial charge in [-0.2, -0.15) is 0 Å². The van der Waals surface area contributed by atoms with Crippen molar-refractivity contribution in [3.63, 3.8) is 0 Å². The van der Waals surface area contributed by atoms with Gasteiger partial charge in [-0.1, -0.05) is 49.4 Å². The van der Waals surface area contributed by atoms with E-state index in [2.05, 4.69) is 4.74 Å². The summed E-state index contributed by atoms with van der Waals surface area (Å²) in [7, 11) is 0. The molecule has 0 aliphatic heterocycles. The number of hydrogen-bond donors (Lipinski definition) is 0. The van der Waals surface area contributed by atoms with Crippen LogP contribution in [0.4, 0.5) is 0 Å². The topological polar surface area (TPSA) is 43.4 Å². The van der Waals surface area contributed by atoms with Crippen molar-refractivity contribution in [3.05, 3.63) is 42.0 Å². The van der Waals surface area contributed by atoms with Crippen LogP contribution >= 0.6 is 0 Å². The second kappa shape index (κ2) is 7.43. The highest BCUT2D eigenvalue weighted by atomic mass is 16.5. The fraction of sp³-hybridized carbons (Fsp3) is 0.333. The van der Waals surface area contributed by atoms with Gasteiger partial charge in [0, 0.05) is 6.42 Å². The molecule has 1 unspecified atom stereocenters. The molecule has 0 saturated heterocycles. The van der Waals surface area contributed by atoms with E-state index in [0.29, 0.717) is 0 Å². The normalized spacial score (nSPS) is 12.3. The molecule has 0 bridgehead atoms. The first-order valence-corrected chi connectivity index (χ1v) is 6.06. The average molecular weight is 246 g/mol. The Labute approximate surface area is 107 Å². The van der Waals surface area contributed by atoms with Crippen LogP contribution in [-0.4, -0.2) is 18.4 Å². The van der Waals surface area contributed by atoms with Crippen LogP contribution in [0.1, 0.15) is 25.8 Å². The van der Waals surface area contributed by atoms with Crippen molar-refractivity contribution in [3.8, 4) is 0 Å². The van der Waals surface area contributed by atoms with Crippen LogP contribution in [0.15, 0.2) is 36.4 Å². The van der Waals surface area contributed by atoms with Crippen molar-refractivity contribution < 1.29 is 14.3 Å². The third-order valence-corrected chi connectivity index (χ3v) is 2.43. The van der Waals surface area contributed by atoms with Gasteiger partial charge in [-0.3, -0.25) is 4.79 Å². The first-order valence-electron chi connectivity index (χ1n) is 6.06. The molecular formula is C15H18O3. The summed E-state index contributed by atoms with van der Waals surface area (Å²) >= 11 is 0. The van der Waals surface area contributed by atoms with Crippen LogP contribution in [-0.2, 0) is 14.3 Å². The van der Waals surface area contributed by atoms with Crippen molar-refractivity contribution in [2.45, 2.75) is 20.3 Å². The highest BCUT2D eigenvalue weighted by Gasteiger charge is 2.16. The van der Waals surface area contributed by atoms with Gasteiger partial charge in [-0.15, -0.1) is 0 Å². The van der Waals surface area contributed by atoms with Gasteiger partial charge in [0.15, 0.2) is 0 Å². The van der Waals surface area contributed by atoms with Gasteiger partial charge in [0.25, 0.3) is 0 Å². The molecule has 0 aliphatic rings. The highest BCUT2D eigenvalue weighted by Crippen LogP contribution is 2.09. The lowest BCUT2D eigenvalue weighted by Crippen LogP contribution is -2.19. The van der Waals surface area contributed by atoms with E-state index in [1.165, 1.54) is 0 Å². The molecule has 0 spiro atoms. The predicted octanol–water partition coefficient (Wildman–Crippen LogP) is 2.86. The van der Waals surface area contributed by atoms with Gasteiger partial charge >= 0.3 is 5.97 Å². The Morgan fingerprint density at radius 3 is 2.56 bits per heavy atom. The molecule has 0 heterocycles. The smallest absolute Gasteiger partial charge is 0.374 e. The number of carbonyl (C=O) groups excluding carboxylic acids is 2. The molecule has 0 amide bonds. The lowest BCUT2D eigenvalue weighted by Gasteiger charge is -2.04. The summed E-state index contributed by atoms with van der Waals surface area (Å²) in [6, 6.07) is 9.82. The van der Waals surface area contributed by atoms with E-state index in [4.69, 9.17) is 0 Å². The van der Waals surface area contributed by atoms with E-state index >= 15 is 0 Å². The lowest BCUT2D eigenvalue weighted by atomic mass is 10.0. The molecular weight excluding hydrogens is 228 g/mol. The SMILES string of the molecule is CCOC(=O)C(=O)CC(C)/C=C/c1ccccc1. The zero-order valence-corrected chi connectivity index (χ0v) is 10.8. The van der Waals surface area contributed by atoms with Crippen LogP contribution < -0.4 is 0 Å². The summed E-state index contributed by atoms with van der Waals surface area (Å²) in [5.74, 6) is -1.19. The molecule has 3 heteroatoms. The minimum Gasteiger partial charge on any atom is -0.460 e. The van der Waals surface area contributed by atoms with Crippen molar-refractivity contribution in [2.75, 3.05) is 6.61 Å². The number of hydrogen-bond acceptors (Lipinski definition) is 3. The van der Waals surface area contributed by atoms with Crippen molar-refractivity contribution in [2.24, 2.45) is 5.92 Å². The molecule has 18 heavy (non-hydrogen) atoms. The summed E-state index contributed by atoms with van der Waals surface area (Å²) < 4.78 is 4.65. The fourth-order valence-electron chi connectivity index (χ4n) is 1.49. The van der Waals surface area contributed by atoms with E-state index in [-0.39, 0.29) is 18.9 Å². The van der Waals surface area contributed by atoms with E-state index in [1.807, 2.05) is 49.4 Å². The van der Waals surface area contributed by atoms with Gasteiger partial charge in [0.05, 0.1) is 6.61 Å². The second-order valence-corrected chi connectivity index (χ2v) is 4.09. The molecule has 96 valence electrons. The zero-order chi connectivity index (χ0) is 13.4.